The number of hydrogen-bond donors (Lipinski definition) is 0. The van der Waals surface area contributed by atoms with Gasteiger partial charge in [-0.3, -0.25) is 9.36 Å². The van der Waals surface area contributed by atoms with Gasteiger partial charge in [-0.1, -0.05) is 35.6 Å². The van der Waals surface area contributed by atoms with Crippen molar-refractivity contribution in [1.29, 1.82) is 0 Å². The van der Waals surface area contributed by atoms with Crippen molar-refractivity contribution in [3.63, 3.8) is 0 Å². The molecule has 0 amide bonds. The first-order chi connectivity index (χ1) is 16.0. The molecule has 0 radical (unpaired) electrons. The van der Waals surface area contributed by atoms with Gasteiger partial charge in [-0.25, -0.2) is 9.79 Å². The Morgan fingerprint density at radius 1 is 1.09 bits per heavy atom. The summed E-state index contributed by atoms with van der Waals surface area (Å²) < 4.78 is 7.55. The second-order valence-corrected chi connectivity index (χ2v) is 10.1. The number of nitrogens with zero attached hydrogens (tertiary/aromatic N) is 2. The van der Waals surface area contributed by atoms with Crippen LogP contribution in [0.1, 0.15) is 31.0 Å². The van der Waals surface area contributed by atoms with Crippen LogP contribution >= 0.6 is 34.9 Å². The highest BCUT2D eigenvalue weighted by molar-refractivity contribution is 7.98. The molecule has 1 aliphatic heterocycles. The lowest BCUT2D eigenvalue weighted by molar-refractivity contribution is -0.139. The van der Waals surface area contributed by atoms with E-state index in [1.54, 1.807) is 41.9 Å². The summed E-state index contributed by atoms with van der Waals surface area (Å²) in [5.41, 5.74) is 2.60. The number of esters is 1. The van der Waals surface area contributed by atoms with Crippen molar-refractivity contribution in [2.24, 2.45) is 4.99 Å². The molecule has 0 aliphatic carbocycles. The van der Waals surface area contributed by atoms with Crippen molar-refractivity contribution in [1.82, 2.24) is 4.57 Å². The molecule has 8 heteroatoms. The largest absolute Gasteiger partial charge is 0.463 e. The maximum absolute atomic E-state index is 13.6. The van der Waals surface area contributed by atoms with Gasteiger partial charge >= 0.3 is 5.97 Å². The molecule has 0 N–H and O–H groups in total. The van der Waals surface area contributed by atoms with E-state index in [2.05, 4.69) is 4.99 Å². The van der Waals surface area contributed by atoms with Gasteiger partial charge < -0.3 is 4.74 Å². The quantitative estimate of drug-likeness (QED) is 0.377. The number of carbonyl (C=O) groups is 1. The molecule has 0 saturated carbocycles. The van der Waals surface area contributed by atoms with Crippen LogP contribution in [0, 0.1) is 0 Å². The summed E-state index contributed by atoms with van der Waals surface area (Å²) in [6, 6.07) is 15.4. The number of allylic oxidation sites excluding steroid dienone is 1. The third-order valence-corrected chi connectivity index (χ3v) is 7.83. The lowest BCUT2D eigenvalue weighted by Crippen LogP contribution is -2.39. The van der Waals surface area contributed by atoms with Crippen LogP contribution < -0.4 is 14.9 Å². The molecule has 4 rings (SSSR count). The molecule has 33 heavy (non-hydrogen) atoms. The number of hydrogen-bond acceptors (Lipinski definition) is 7. The number of thioether (sulfide) groups is 2. The van der Waals surface area contributed by atoms with E-state index >= 15 is 0 Å². The number of carbonyl (C=O) groups excluding carboxylic acids is 1. The number of benzene rings is 2. The Hall–Kier alpha value is -2.55. The summed E-state index contributed by atoms with van der Waals surface area (Å²) >= 11 is 4.65. The highest BCUT2D eigenvalue weighted by Crippen LogP contribution is 2.31. The van der Waals surface area contributed by atoms with Crippen LogP contribution in [-0.2, 0) is 9.53 Å². The van der Waals surface area contributed by atoms with Gasteiger partial charge in [0.15, 0.2) is 4.80 Å². The van der Waals surface area contributed by atoms with Crippen LogP contribution in [0.3, 0.4) is 0 Å². The van der Waals surface area contributed by atoms with Crippen LogP contribution in [0.25, 0.3) is 6.08 Å². The van der Waals surface area contributed by atoms with Crippen LogP contribution in [0.4, 0.5) is 0 Å². The summed E-state index contributed by atoms with van der Waals surface area (Å²) in [7, 11) is 0. The van der Waals surface area contributed by atoms with Crippen molar-refractivity contribution in [3.05, 3.63) is 90.6 Å². The molecule has 0 saturated heterocycles. The molecule has 2 aromatic carbocycles. The topological polar surface area (TPSA) is 60.7 Å². The molecule has 1 aliphatic rings. The lowest BCUT2D eigenvalue weighted by Gasteiger charge is -2.24. The van der Waals surface area contributed by atoms with Gasteiger partial charge in [0.1, 0.15) is 0 Å². The first kappa shape index (κ1) is 23.6. The minimum atomic E-state index is -0.586. The second-order valence-electron chi connectivity index (χ2n) is 7.35. The zero-order valence-corrected chi connectivity index (χ0v) is 21.3. The van der Waals surface area contributed by atoms with Gasteiger partial charge in [-0.05, 0) is 67.8 Å². The summed E-state index contributed by atoms with van der Waals surface area (Å²) in [5.74, 6) is -0.445. The molecule has 0 fully saturated rings. The van der Waals surface area contributed by atoms with E-state index < -0.39 is 12.0 Å². The van der Waals surface area contributed by atoms with Crippen LogP contribution in [0.2, 0.25) is 0 Å². The summed E-state index contributed by atoms with van der Waals surface area (Å²) in [6.07, 6.45) is 5.92. The number of rotatable bonds is 6. The Kier molecular flexibility index (Phi) is 7.26. The fourth-order valence-electron chi connectivity index (χ4n) is 3.74. The summed E-state index contributed by atoms with van der Waals surface area (Å²) in [6.45, 7) is 3.82. The molecule has 1 aromatic heterocycles. The molecular weight excluding hydrogens is 472 g/mol. The SMILES string of the molecule is CCOC(=O)C1=C(C)N=c2s/c(=C\c3ccc(SC)cc3)c(=O)n2[C@H]1c1ccc(SC)cc1. The van der Waals surface area contributed by atoms with Crippen molar-refractivity contribution in [2.45, 2.75) is 29.7 Å². The minimum absolute atomic E-state index is 0.166. The molecule has 5 nitrogen and oxygen atoms in total. The van der Waals surface area contributed by atoms with E-state index in [4.69, 9.17) is 4.74 Å². The van der Waals surface area contributed by atoms with Crippen LogP contribution in [0.15, 0.2) is 79.4 Å². The normalized spacial score (nSPS) is 15.9. The Balaban J connectivity index is 1.90. The molecule has 2 heterocycles. The van der Waals surface area contributed by atoms with Gasteiger partial charge in [0, 0.05) is 9.79 Å². The van der Waals surface area contributed by atoms with Gasteiger partial charge in [-0.2, -0.15) is 0 Å². The van der Waals surface area contributed by atoms with Gasteiger partial charge in [0.05, 0.1) is 28.5 Å². The first-order valence-electron chi connectivity index (χ1n) is 10.4. The number of ether oxygens (including phenoxy) is 1. The molecule has 0 bridgehead atoms. The van der Waals surface area contributed by atoms with Crippen LogP contribution in [-0.4, -0.2) is 29.7 Å². The Bertz CT molecular complexity index is 1380. The number of thiazole rings is 1. The summed E-state index contributed by atoms with van der Waals surface area (Å²) in [4.78, 5) is 34.0. The molecule has 0 unspecified atom stereocenters. The van der Waals surface area contributed by atoms with Gasteiger partial charge in [0.25, 0.3) is 5.56 Å². The van der Waals surface area contributed by atoms with Crippen molar-refractivity contribution < 1.29 is 9.53 Å². The molecule has 170 valence electrons. The van der Waals surface area contributed by atoms with E-state index in [0.717, 1.165) is 20.9 Å². The van der Waals surface area contributed by atoms with Gasteiger partial charge in [0.2, 0.25) is 0 Å². The average molecular weight is 497 g/mol. The predicted molar refractivity (Wildman–Crippen MR) is 137 cm³/mol. The Morgan fingerprint density at radius 2 is 1.70 bits per heavy atom. The van der Waals surface area contributed by atoms with E-state index in [0.29, 0.717) is 20.6 Å². The molecule has 3 aromatic rings. The molecular formula is C25H24N2O3S3. The maximum Gasteiger partial charge on any atom is 0.338 e. The minimum Gasteiger partial charge on any atom is -0.463 e. The number of aromatic nitrogens is 1. The first-order valence-corrected chi connectivity index (χ1v) is 13.7. The zero-order valence-electron chi connectivity index (χ0n) is 18.8. The standard InChI is InChI=1S/C25H24N2O3S3/c1-5-30-24(29)21-15(2)26-25-27(22(21)17-8-12-19(32-4)13-9-17)23(28)20(33-25)14-16-6-10-18(31-3)11-7-16/h6-14,22H,5H2,1-4H3/b20-14-/t22-/m0/s1. The van der Waals surface area contributed by atoms with Crippen molar-refractivity contribution >= 4 is 46.9 Å². The molecule has 1 atom stereocenters. The van der Waals surface area contributed by atoms with Crippen LogP contribution in [0.5, 0.6) is 0 Å². The third-order valence-electron chi connectivity index (χ3n) is 5.36. The van der Waals surface area contributed by atoms with E-state index in [1.807, 2.05) is 67.1 Å². The fraction of sp³-hybridized carbons (Fsp3) is 0.240. The van der Waals surface area contributed by atoms with E-state index in [1.165, 1.54) is 11.3 Å². The van der Waals surface area contributed by atoms with Crippen molar-refractivity contribution in [2.75, 3.05) is 19.1 Å². The highest BCUT2D eigenvalue weighted by atomic mass is 32.2. The average Bonchev–Trinajstić information content (AvgIpc) is 3.13. The zero-order chi connectivity index (χ0) is 23.5. The van der Waals surface area contributed by atoms with E-state index in [9.17, 15) is 9.59 Å². The maximum atomic E-state index is 13.6. The van der Waals surface area contributed by atoms with Gasteiger partial charge in [-0.15, -0.1) is 23.5 Å². The summed E-state index contributed by atoms with van der Waals surface area (Å²) in [5, 5.41) is 0. The number of fused-ring (bicyclic) bond motifs is 1. The Labute approximate surface area is 204 Å². The highest BCUT2D eigenvalue weighted by Gasteiger charge is 2.33. The van der Waals surface area contributed by atoms with E-state index in [-0.39, 0.29) is 12.2 Å². The third kappa shape index (κ3) is 4.74. The molecule has 0 spiro atoms. The predicted octanol–water partition coefficient (Wildman–Crippen LogP) is 4.24. The second kappa shape index (κ2) is 10.2. The Morgan fingerprint density at radius 3 is 2.27 bits per heavy atom. The van der Waals surface area contributed by atoms with Crippen molar-refractivity contribution in [3.8, 4) is 0 Å². The smallest absolute Gasteiger partial charge is 0.338 e. The fourth-order valence-corrected chi connectivity index (χ4v) is 5.61. The monoisotopic (exact) mass is 496 g/mol. The lowest BCUT2D eigenvalue weighted by atomic mass is 9.96.